The van der Waals surface area contributed by atoms with E-state index in [4.69, 9.17) is 9.47 Å². The van der Waals surface area contributed by atoms with Gasteiger partial charge in [-0.15, -0.1) is 0 Å². The molecule has 0 N–H and O–H groups in total. The highest BCUT2D eigenvalue weighted by Crippen LogP contribution is 2.12. The Morgan fingerprint density at radius 2 is 1.79 bits per heavy atom. The van der Waals surface area contributed by atoms with Crippen LogP contribution in [0.25, 0.3) is 0 Å². The maximum atomic E-state index is 5.56. The molecule has 2 aromatic rings. The summed E-state index contributed by atoms with van der Waals surface area (Å²) >= 11 is 0. The van der Waals surface area contributed by atoms with Crippen molar-refractivity contribution >= 4 is 0 Å². The van der Waals surface area contributed by atoms with E-state index in [0.29, 0.717) is 6.61 Å². The molecule has 0 aliphatic carbocycles. The number of aryl methyl sites for hydroxylation is 1. The zero-order valence-electron chi connectivity index (χ0n) is 11.1. The lowest BCUT2D eigenvalue weighted by Gasteiger charge is -2.02. The molecule has 0 fully saturated rings. The lowest BCUT2D eigenvalue weighted by molar-refractivity contribution is 0.370. The van der Waals surface area contributed by atoms with Crippen LogP contribution in [0.5, 0.6) is 11.5 Å². The van der Waals surface area contributed by atoms with Crippen molar-refractivity contribution in [2.75, 3.05) is 13.7 Å². The topological polar surface area (TPSA) is 18.5 Å². The van der Waals surface area contributed by atoms with E-state index in [0.717, 1.165) is 17.1 Å². The van der Waals surface area contributed by atoms with Crippen molar-refractivity contribution in [3.63, 3.8) is 0 Å². The second-order valence-corrected chi connectivity index (χ2v) is 4.14. The predicted molar refractivity (Wildman–Crippen MR) is 76.5 cm³/mol. The minimum atomic E-state index is 0.384. The third-order valence-corrected chi connectivity index (χ3v) is 2.62. The number of hydrogen-bond donors (Lipinski definition) is 0. The van der Waals surface area contributed by atoms with Crippen molar-refractivity contribution in [3.05, 3.63) is 59.7 Å². The van der Waals surface area contributed by atoms with Gasteiger partial charge >= 0.3 is 0 Å². The number of hydrogen-bond acceptors (Lipinski definition) is 2. The summed E-state index contributed by atoms with van der Waals surface area (Å²) in [4.78, 5) is 0. The van der Waals surface area contributed by atoms with Crippen LogP contribution in [0, 0.1) is 18.8 Å². The molecule has 0 saturated carbocycles. The lowest BCUT2D eigenvalue weighted by atomic mass is 10.2. The van der Waals surface area contributed by atoms with Crippen LogP contribution >= 0.6 is 0 Å². The number of benzene rings is 2. The fraction of sp³-hybridized carbons (Fsp3) is 0.176. The molecule has 0 aromatic heterocycles. The van der Waals surface area contributed by atoms with E-state index < -0.39 is 0 Å². The van der Waals surface area contributed by atoms with E-state index >= 15 is 0 Å². The summed E-state index contributed by atoms with van der Waals surface area (Å²) in [7, 11) is 1.65. The number of methoxy groups -OCH3 is 1. The molecule has 2 nitrogen and oxygen atoms in total. The first-order valence-corrected chi connectivity index (χ1v) is 6.10. The SMILES string of the molecule is COc1ccc(C#CCOc2cccc(C)c2)cc1. The number of rotatable bonds is 3. The van der Waals surface area contributed by atoms with Crippen LogP contribution in [-0.4, -0.2) is 13.7 Å². The Balaban J connectivity index is 1.90. The van der Waals surface area contributed by atoms with Crippen LogP contribution < -0.4 is 9.47 Å². The highest BCUT2D eigenvalue weighted by atomic mass is 16.5. The second-order valence-electron chi connectivity index (χ2n) is 4.14. The van der Waals surface area contributed by atoms with E-state index in [9.17, 15) is 0 Å². The zero-order valence-corrected chi connectivity index (χ0v) is 11.1. The maximum absolute atomic E-state index is 5.56. The van der Waals surface area contributed by atoms with Crippen LogP contribution in [0.2, 0.25) is 0 Å². The Bertz CT molecular complexity index is 589. The molecule has 0 amide bonds. The van der Waals surface area contributed by atoms with Gasteiger partial charge < -0.3 is 9.47 Å². The first kappa shape index (κ1) is 13.0. The molecule has 0 atom stereocenters. The molecule has 0 spiro atoms. The molecule has 0 aliphatic rings. The molecule has 2 rings (SSSR count). The van der Waals surface area contributed by atoms with Crippen LogP contribution in [-0.2, 0) is 0 Å². The quantitative estimate of drug-likeness (QED) is 0.779. The van der Waals surface area contributed by atoms with Crippen molar-refractivity contribution in [2.24, 2.45) is 0 Å². The molecule has 19 heavy (non-hydrogen) atoms. The summed E-state index contributed by atoms with van der Waals surface area (Å²) in [5.41, 5.74) is 2.13. The Labute approximate surface area is 114 Å². The Hall–Kier alpha value is -2.40. The van der Waals surface area contributed by atoms with Crippen LogP contribution in [0.15, 0.2) is 48.5 Å². The van der Waals surface area contributed by atoms with Crippen molar-refractivity contribution in [3.8, 4) is 23.3 Å². The Morgan fingerprint density at radius 3 is 2.47 bits per heavy atom. The molecule has 0 radical (unpaired) electrons. The highest BCUT2D eigenvalue weighted by Gasteiger charge is 1.92. The normalized spacial score (nSPS) is 9.37. The standard InChI is InChI=1S/C17H16O2/c1-14-5-3-7-17(13-14)19-12-4-6-15-8-10-16(18-2)11-9-15/h3,5,7-11,13H,12H2,1-2H3. The minimum Gasteiger partial charge on any atom is -0.497 e. The molecule has 0 heterocycles. The maximum Gasteiger partial charge on any atom is 0.149 e. The summed E-state index contributed by atoms with van der Waals surface area (Å²) in [5.74, 6) is 7.73. The monoisotopic (exact) mass is 252 g/mol. The van der Waals surface area contributed by atoms with Crippen molar-refractivity contribution in [1.29, 1.82) is 0 Å². The van der Waals surface area contributed by atoms with E-state index in [-0.39, 0.29) is 0 Å². The molecule has 0 aliphatic heterocycles. The average Bonchev–Trinajstić information content (AvgIpc) is 2.44. The van der Waals surface area contributed by atoms with E-state index in [1.54, 1.807) is 7.11 Å². The van der Waals surface area contributed by atoms with E-state index in [1.807, 2.05) is 55.5 Å². The summed E-state index contributed by atoms with van der Waals surface area (Å²) < 4.78 is 10.6. The van der Waals surface area contributed by atoms with Gasteiger partial charge in [0.25, 0.3) is 0 Å². The molecular weight excluding hydrogens is 236 g/mol. The van der Waals surface area contributed by atoms with E-state index in [1.165, 1.54) is 5.56 Å². The minimum absolute atomic E-state index is 0.384. The fourth-order valence-corrected chi connectivity index (χ4v) is 1.64. The predicted octanol–water partition coefficient (Wildman–Crippen LogP) is 3.43. The third kappa shape index (κ3) is 4.08. The lowest BCUT2D eigenvalue weighted by Crippen LogP contribution is -1.94. The zero-order chi connectivity index (χ0) is 13.5. The Kier molecular flexibility index (Phi) is 4.47. The van der Waals surface area contributed by atoms with Gasteiger partial charge in [-0.3, -0.25) is 0 Å². The number of ether oxygens (including phenoxy) is 2. The van der Waals surface area contributed by atoms with Gasteiger partial charge in [0.15, 0.2) is 0 Å². The van der Waals surface area contributed by atoms with Gasteiger partial charge in [-0.2, -0.15) is 0 Å². The largest absolute Gasteiger partial charge is 0.497 e. The van der Waals surface area contributed by atoms with Crippen molar-refractivity contribution < 1.29 is 9.47 Å². The second kappa shape index (κ2) is 6.51. The summed E-state index contributed by atoms with van der Waals surface area (Å²) in [6.07, 6.45) is 0. The van der Waals surface area contributed by atoms with Gasteiger partial charge in [-0.1, -0.05) is 24.0 Å². The van der Waals surface area contributed by atoms with Gasteiger partial charge in [0.2, 0.25) is 0 Å². The van der Waals surface area contributed by atoms with Gasteiger partial charge in [-0.05, 0) is 48.9 Å². The molecule has 0 saturated heterocycles. The van der Waals surface area contributed by atoms with Crippen LogP contribution in [0.3, 0.4) is 0 Å². The highest BCUT2D eigenvalue weighted by molar-refractivity contribution is 5.38. The summed E-state index contributed by atoms with van der Waals surface area (Å²) in [6, 6.07) is 15.6. The third-order valence-electron chi connectivity index (χ3n) is 2.62. The summed E-state index contributed by atoms with van der Waals surface area (Å²) in [6.45, 7) is 2.42. The first-order valence-electron chi connectivity index (χ1n) is 6.10. The fourth-order valence-electron chi connectivity index (χ4n) is 1.64. The van der Waals surface area contributed by atoms with Gasteiger partial charge in [0, 0.05) is 5.56 Å². The smallest absolute Gasteiger partial charge is 0.149 e. The molecule has 2 heteroatoms. The first-order chi connectivity index (χ1) is 9.28. The molecule has 2 aromatic carbocycles. The van der Waals surface area contributed by atoms with Crippen LogP contribution in [0.4, 0.5) is 0 Å². The molecule has 0 bridgehead atoms. The average molecular weight is 252 g/mol. The van der Waals surface area contributed by atoms with Crippen molar-refractivity contribution in [1.82, 2.24) is 0 Å². The Morgan fingerprint density at radius 1 is 1.00 bits per heavy atom. The van der Waals surface area contributed by atoms with Gasteiger partial charge in [0.1, 0.15) is 18.1 Å². The van der Waals surface area contributed by atoms with Gasteiger partial charge in [0.05, 0.1) is 7.11 Å². The van der Waals surface area contributed by atoms with Crippen molar-refractivity contribution in [2.45, 2.75) is 6.92 Å². The molecule has 96 valence electrons. The van der Waals surface area contributed by atoms with E-state index in [2.05, 4.69) is 11.8 Å². The van der Waals surface area contributed by atoms with Crippen LogP contribution in [0.1, 0.15) is 11.1 Å². The molecule has 0 unspecified atom stereocenters. The van der Waals surface area contributed by atoms with Gasteiger partial charge in [-0.25, -0.2) is 0 Å². The summed E-state index contributed by atoms with van der Waals surface area (Å²) in [5, 5.41) is 0. The molecular formula is C17H16O2.